The monoisotopic (exact) mass is 485 g/mol. The Balaban J connectivity index is 2.29. The molecule has 0 fully saturated rings. The molecule has 13 heteroatoms. The smallest absolute Gasteiger partial charge is 0.175 e. The van der Waals surface area contributed by atoms with Crippen LogP contribution < -0.4 is 9.78 Å². The summed E-state index contributed by atoms with van der Waals surface area (Å²) < 4.78 is 0. The molecule has 13 nitrogen and oxygen atoms in total. The molecule has 0 unspecified atom stereocenters. The van der Waals surface area contributed by atoms with Crippen LogP contribution in [-0.2, 0) is 9.78 Å². The van der Waals surface area contributed by atoms with Gasteiger partial charge in [-0.1, -0.05) is 6.58 Å². The molecule has 0 aliphatic carbocycles. The van der Waals surface area contributed by atoms with Crippen molar-refractivity contribution in [3.63, 3.8) is 0 Å². The number of hydrogen-bond acceptors (Lipinski definition) is 13. The van der Waals surface area contributed by atoms with Crippen molar-refractivity contribution in [2.75, 3.05) is 0 Å². The summed E-state index contributed by atoms with van der Waals surface area (Å²) in [6, 6.07) is 7.64. The number of phenolic OH excluding ortho intramolecular Hbond substituents is 2. The zero-order valence-electron chi connectivity index (χ0n) is 18.0. The van der Waals surface area contributed by atoms with Gasteiger partial charge in [-0.2, -0.15) is 0 Å². The van der Waals surface area contributed by atoms with Gasteiger partial charge in [0.1, 0.15) is 11.5 Å². The Bertz CT molecular complexity index is 1230. The van der Waals surface area contributed by atoms with Gasteiger partial charge < -0.3 is 29.8 Å². The van der Waals surface area contributed by atoms with Gasteiger partial charge in [-0.05, 0) is 37.3 Å². The fourth-order valence-electron chi connectivity index (χ4n) is 2.86. The number of benzene rings is 2. The first-order valence-electron chi connectivity index (χ1n) is 9.59. The van der Waals surface area contributed by atoms with Crippen molar-refractivity contribution >= 4 is 5.57 Å². The van der Waals surface area contributed by atoms with E-state index in [0.717, 1.165) is 24.3 Å². The third-order valence-corrected chi connectivity index (χ3v) is 4.65. The van der Waals surface area contributed by atoms with Crippen LogP contribution in [0.4, 0.5) is 0 Å². The summed E-state index contributed by atoms with van der Waals surface area (Å²) >= 11 is 0. The first-order chi connectivity index (χ1) is 16.8. The van der Waals surface area contributed by atoms with Crippen molar-refractivity contribution in [3.05, 3.63) is 72.5 Å². The van der Waals surface area contributed by atoms with Gasteiger partial charge in [0.05, 0.1) is 11.1 Å². The number of aromatic hydroxyl groups is 2. The maximum absolute atomic E-state index is 10.4. The number of nitrogens with zero attached hydrogens (tertiary/aromatic N) is 3. The van der Waals surface area contributed by atoms with Crippen LogP contribution in [0.15, 0.2) is 66.6 Å². The van der Waals surface area contributed by atoms with Gasteiger partial charge in [0, 0.05) is 23.8 Å². The SMILES string of the molecule is C=C/C(=C\C(OO)=C(/C)c1nc(-c2ccc(OO)cc2O)nc(-c2ccc(OO)cc2O)n1)OO. The third kappa shape index (κ3) is 5.45. The predicted octanol–water partition coefficient (Wildman–Crippen LogP) is 4.10. The second-order valence-electron chi connectivity index (χ2n) is 6.77. The van der Waals surface area contributed by atoms with E-state index < -0.39 is 0 Å². The highest BCUT2D eigenvalue weighted by Crippen LogP contribution is 2.35. The highest BCUT2D eigenvalue weighted by molar-refractivity contribution is 5.73. The van der Waals surface area contributed by atoms with Gasteiger partial charge >= 0.3 is 0 Å². The topological polar surface area (TPSA) is 197 Å². The van der Waals surface area contributed by atoms with E-state index in [1.54, 1.807) is 0 Å². The molecule has 2 aromatic carbocycles. The molecule has 0 aliphatic heterocycles. The molecule has 3 rings (SSSR count). The molecule has 0 spiro atoms. The molecule has 182 valence electrons. The Kier molecular flexibility index (Phi) is 7.81. The maximum atomic E-state index is 10.4. The van der Waals surface area contributed by atoms with Crippen LogP contribution in [0, 0.1) is 0 Å². The highest BCUT2D eigenvalue weighted by atomic mass is 17.1. The van der Waals surface area contributed by atoms with Crippen LogP contribution >= 0.6 is 0 Å². The Hall–Kier alpha value is -4.69. The van der Waals surface area contributed by atoms with Crippen LogP contribution in [0.2, 0.25) is 0 Å². The van der Waals surface area contributed by atoms with Crippen LogP contribution in [-0.4, -0.2) is 46.2 Å². The van der Waals surface area contributed by atoms with E-state index in [4.69, 9.17) is 15.8 Å². The molecule has 1 heterocycles. The first kappa shape index (κ1) is 24.9. The minimum absolute atomic E-state index is 0.0453. The average molecular weight is 485 g/mol. The summed E-state index contributed by atoms with van der Waals surface area (Å²) in [4.78, 5) is 29.6. The Morgan fingerprint density at radius 3 is 1.69 bits per heavy atom. The molecule has 3 aromatic rings. The van der Waals surface area contributed by atoms with Gasteiger partial charge in [-0.25, -0.2) is 36.0 Å². The lowest BCUT2D eigenvalue weighted by Gasteiger charge is -2.12. The fourth-order valence-corrected chi connectivity index (χ4v) is 2.86. The second kappa shape index (κ2) is 11.0. The molecular weight excluding hydrogens is 466 g/mol. The van der Waals surface area contributed by atoms with E-state index in [-0.39, 0.29) is 68.7 Å². The van der Waals surface area contributed by atoms with Gasteiger partial charge in [-0.15, -0.1) is 0 Å². The number of phenols is 2. The van der Waals surface area contributed by atoms with Crippen molar-refractivity contribution in [3.8, 4) is 45.8 Å². The predicted molar refractivity (Wildman–Crippen MR) is 119 cm³/mol. The minimum Gasteiger partial charge on any atom is -0.507 e. The largest absolute Gasteiger partial charge is 0.507 e. The molecule has 0 atom stereocenters. The second-order valence-corrected chi connectivity index (χ2v) is 6.77. The van der Waals surface area contributed by atoms with Gasteiger partial charge in [0.25, 0.3) is 0 Å². The van der Waals surface area contributed by atoms with Crippen molar-refractivity contribution in [1.82, 2.24) is 15.0 Å². The zero-order chi connectivity index (χ0) is 25.5. The summed E-state index contributed by atoms with van der Waals surface area (Å²) in [5.41, 5.74) is 0.329. The average Bonchev–Trinajstić information content (AvgIpc) is 2.88. The van der Waals surface area contributed by atoms with Crippen LogP contribution in [0.5, 0.6) is 23.0 Å². The lowest BCUT2D eigenvalue weighted by molar-refractivity contribution is -0.206. The van der Waals surface area contributed by atoms with Crippen LogP contribution in [0.3, 0.4) is 0 Å². The number of allylic oxidation sites excluding steroid dienone is 3. The molecule has 1 aromatic heterocycles. The first-order valence-corrected chi connectivity index (χ1v) is 9.59. The molecule has 0 saturated carbocycles. The lowest BCUT2D eigenvalue weighted by Crippen LogP contribution is -2.04. The quantitative estimate of drug-likeness (QED) is 0.110. The third-order valence-electron chi connectivity index (χ3n) is 4.65. The maximum Gasteiger partial charge on any atom is 0.175 e. The van der Waals surface area contributed by atoms with E-state index in [2.05, 4.69) is 41.1 Å². The van der Waals surface area contributed by atoms with Crippen molar-refractivity contribution in [1.29, 1.82) is 0 Å². The lowest BCUT2D eigenvalue weighted by atomic mass is 10.1. The molecule has 6 N–H and O–H groups in total. The van der Waals surface area contributed by atoms with Crippen molar-refractivity contribution in [2.45, 2.75) is 6.92 Å². The van der Waals surface area contributed by atoms with Crippen LogP contribution in [0.25, 0.3) is 28.3 Å². The molecule has 0 bridgehead atoms. The molecule has 0 radical (unpaired) electrons. The number of rotatable bonds is 9. The Labute approximate surface area is 197 Å². The standard InChI is InChI=1S/C22H19N3O10/c1-3-12(32-28)10-19(35-31)11(2)20-23-21(15-6-4-13(33-29)8-17(15)26)25-22(24-20)16-7-5-14(34-30)9-18(16)27/h3-10,26-31H,1H2,2H3/b12-10+,19-11-. The normalized spacial score (nSPS) is 12.0. The van der Waals surface area contributed by atoms with E-state index in [1.807, 2.05) is 0 Å². The number of hydrogen-bond donors (Lipinski definition) is 6. The molecule has 0 saturated heterocycles. The fraction of sp³-hybridized carbons (Fsp3) is 0.0455. The van der Waals surface area contributed by atoms with Gasteiger partial charge in [0.2, 0.25) is 0 Å². The van der Waals surface area contributed by atoms with E-state index >= 15 is 0 Å². The summed E-state index contributed by atoms with van der Waals surface area (Å²) in [7, 11) is 0. The molecule has 0 aliphatic rings. The van der Waals surface area contributed by atoms with E-state index in [9.17, 15) is 15.5 Å². The van der Waals surface area contributed by atoms with Gasteiger partial charge in [-0.3, -0.25) is 0 Å². The minimum atomic E-state index is -0.351. The van der Waals surface area contributed by atoms with Crippen molar-refractivity contribution in [2.24, 2.45) is 0 Å². The van der Waals surface area contributed by atoms with Crippen LogP contribution in [0.1, 0.15) is 12.7 Å². The summed E-state index contributed by atoms with van der Waals surface area (Å²) in [6.07, 6.45) is 2.24. The van der Waals surface area contributed by atoms with E-state index in [1.165, 1.54) is 31.2 Å². The number of aromatic nitrogens is 3. The molecular formula is C22H19N3O10. The van der Waals surface area contributed by atoms with Crippen molar-refractivity contribution < 1.29 is 50.8 Å². The highest BCUT2D eigenvalue weighted by Gasteiger charge is 2.19. The zero-order valence-corrected chi connectivity index (χ0v) is 18.0. The summed E-state index contributed by atoms with van der Waals surface area (Å²) in [5.74, 6) is -1.42. The Morgan fingerprint density at radius 2 is 1.31 bits per heavy atom. The molecule has 35 heavy (non-hydrogen) atoms. The van der Waals surface area contributed by atoms with E-state index in [0.29, 0.717) is 0 Å². The molecule has 0 amide bonds. The summed E-state index contributed by atoms with van der Waals surface area (Å²) in [5, 5.41) is 56.7. The van der Waals surface area contributed by atoms with Gasteiger partial charge in [0.15, 0.2) is 40.5 Å². The Morgan fingerprint density at radius 1 is 0.800 bits per heavy atom. The summed E-state index contributed by atoms with van der Waals surface area (Å²) in [6.45, 7) is 4.91.